The number of rotatable bonds is 5. The van der Waals surface area contributed by atoms with Crippen LogP contribution in [-0.4, -0.2) is 17.0 Å². The SMILES string of the molecule is CCOC(=O)c1cccc(CCCI)c1. The minimum absolute atomic E-state index is 0.228. The van der Waals surface area contributed by atoms with Crippen molar-refractivity contribution in [3.8, 4) is 0 Å². The molecule has 0 atom stereocenters. The Morgan fingerprint density at radius 2 is 2.27 bits per heavy atom. The largest absolute Gasteiger partial charge is 0.462 e. The van der Waals surface area contributed by atoms with E-state index >= 15 is 0 Å². The van der Waals surface area contributed by atoms with Crippen LogP contribution in [0.1, 0.15) is 29.3 Å². The third kappa shape index (κ3) is 4.20. The van der Waals surface area contributed by atoms with E-state index in [9.17, 15) is 4.79 Å². The van der Waals surface area contributed by atoms with Crippen LogP contribution < -0.4 is 0 Å². The van der Waals surface area contributed by atoms with Crippen molar-refractivity contribution in [1.29, 1.82) is 0 Å². The first-order valence-corrected chi connectivity index (χ1v) is 6.62. The van der Waals surface area contributed by atoms with E-state index in [4.69, 9.17) is 4.74 Å². The number of carbonyl (C=O) groups is 1. The molecule has 0 aliphatic carbocycles. The van der Waals surface area contributed by atoms with Crippen LogP contribution in [-0.2, 0) is 11.2 Å². The standard InChI is InChI=1S/C12H15IO2/c1-2-15-12(14)11-7-3-5-10(9-11)6-4-8-13/h3,5,7,9H,2,4,6,8H2,1H3. The molecule has 0 aromatic heterocycles. The maximum Gasteiger partial charge on any atom is 0.338 e. The van der Waals surface area contributed by atoms with Gasteiger partial charge in [-0.05, 0) is 41.9 Å². The first kappa shape index (κ1) is 12.5. The number of hydrogen-bond acceptors (Lipinski definition) is 2. The van der Waals surface area contributed by atoms with E-state index in [0.717, 1.165) is 17.3 Å². The molecule has 1 aromatic carbocycles. The van der Waals surface area contributed by atoms with Crippen LogP contribution in [0.2, 0.25) is 0 Å². The first-order valence-electron chi connectivity index (χ1n) is 5.10. The lowest BCUT2D eigenvalue weighted by Gasteiger charge is -2.04. The smallest absolute Gasteiger partial charge is 0.338 e. The second-order valence-electron chi connectivity index (χ2n) is 3.21. The summed E-state index contributed by atoms with van der Waals surface area (Å²) in [5, 5.41) is 0. The third-order valence-electron chi connectivity index (χ3n) is 2.04. The van der Waals surface area contributed by atoms with E-state index < -0.39 is 0 Å². The number of hydrogen-bond donors (Lipinski definition) is 0. The molecule has 0 amide bonds. The van der Waals surface area contributed by atoms with Gasteiger partial charge in [0.15, 0.2) is 0 Å². The third-order valence-corrected chi connectivity index (χ3v) is 2.80. The van der Waals surface area contributed by atoms with Crippen LogP contribution >= 0.6 is 22.6 Å². The predicted molar refractivity (Wildman–Crippen MR) is 69.6 cm³/mol. The number of ether oxygens (including phenoxy) is 1. The predicted octanol–water partition coefficient (Wildman–Crippen LogP) is 3.23. The summed E-state index contributed by atoms with van der Waals surface area (Å²) in [6.45, 7) is 2.24. The van der Waals surface area contributed by atoms with E-state index in [1.54, 1.807) is 6.07 Å². The fourth-order valence-corrected chi connectivity index (χ4v) is 1.72. The Morgan fingerprint density at radius 1 is 1.47 bits per heavy atom. The highest BCUT2D eigenvalue weighted by atomic mass is 127. The molecule has 0 aliphatic rings. The van der Waals surface area contributed by atoms with Gasteiger partial charge < -0.3 is 4.74 Å². The summed E-state index contributed by atoms with van der Waals surface area (Å²) in [7, 11) is 0. The van der Waals surface area contributed by atoms with Crippen LogP contribution in [0.4, 0.5) is 0 Å². The van der Waals surface area contributed by atoms with Gasteiger partial charge in [-0.2, -0.15) is 0 Å². The number of alkyl halides is 1. The quantitative estimate of drug-likeness (QED) is 0.473. The molecule has 1 aromatic rings. The van der Waals surface area contributed by atoms with Gasteiger partial charge in [0.1, 0.15) is 0 Å². The van der Waals surface area contributed by atoms with Gasteiger partial charge in [0.05, 0.1) is 12.2 Å². The first-order chi connectivity index (χ1) is 7.27. The van der Waals surface area contributed by atoms with Gasteiger partial charge in [0.2, 0.25) is 0 Å². The second-order valence-corrected chi connectivity index (χ2v) is 4.29. The second kappa shape index (κ2) is 6.82. The summed E-state index contributed by atoms with van der Waals surface area (Å²) >= 11 is 2.36. The highest BCUT2D eigenvalue weighted by Gasteiger charge is 2.06. The fraction of sp³-hybridized carbons (Fsp3) is 0.417. The molecule has 0 fully saturated rings. The molecular formula is C12H15IO2. The molecule has 1 rings (SSSR count). The maximum atomic E-state index is 11.4. The summed E-state index contributed by atoms with van der Waals surface area (Å²) < 4.78 is 6.09. The zero-order valence-corrected chi connectivity index (χ0v) is 11.0. The normalized spacial score (nSPS) is 10.0. The van der Waals surface area contributed by atoms with Crippen molar-refractivity contribution in [2.75, 3.05) is 11.0 Å². The number of esters is 1. The van der Waals surface area contributed by atoms with Crippen molar-refractivity contribution in [2.24, 2.45) is 0 Å². The molecule has 0 spiro atoms. The van der Waals surface area contributed by atoms with Gasteiger partial charge in [-0.3, -0.25) is 0 Å². The summed E-state index contributed by atoms with van der Waals surface area (Å²) in [6, 6.07) is 7.68. The Bertz CT molecular complexity index is 323. The Morgan fingerprint density at radius 3 is 2.93 bits per heavy atom. The van der Waals surface area contributed by atoms with Gasteiger partial charge in [-0.1, -0.05) is 34.7 Å². The molecule has 82 valence electrons. The number of carbonyl (C=O) groups excluding carboxylic acids is 1. The minimum Gasteiger partial charge on any atom is -0.462 e. The van der Waals surface area contributed by atoms with Gasteiger partial charge in [-0.15, -0.1) is 0 Å². The van der Waals surface area contributed by atoms with Crippen molar-refractivity contribution in [2.45, 2.75) is 19.8 Å². The molecule has 0 saturated carbocycles. The summed E-state index contributed by atoms with van der Waals surface area (Å²) in [6.07, 6.45) is 2.17. The van der Waals surface area contributed by atoms with Crippen LogP contribution in [0.5, 0.6) is 0 Å². The average molecular weight is 318 g/mol. The zero-order chi connectivity index (χ0) is 11.1. The Balaban J connectivity index is 2.69. The number of halogens is 1. The lowest BCUT2D eigenvalue weighted by Crippen LogP contribution is -2.04. The van der Waals surface area contributed by atoms with E-state index in [1.807, 2.05) is 19.1 Å². The average Bonchev–Trinajstić information content (AvgIpc) is 2.27. The van der Waals surface area contributed by atoms with Crippen molar-refractivity contribution in [3.63, 3.8) is 0 Å². The monoisotopic (exact) mass is 318 g/mol. The molecular weight excluding hydrogens is 303 g/mol. The highest BCUT2D eigenvalue weighted by molar-refractivity contribution is 14.1. The van der Waals surface area contributed by atoms with Gasteiger partial charge in [0.25, 0.3) is 0 Å². The van der Waals surface area contributed by atoms with Gasteiger partial charge in [0, 0.05) is 0 Å². The van der Waals surface area contributed by atoms with E-state index in [1.165, 1.54) is 5.56 Å². The van der Waals surface area contributed by atoms with Crippen LogP contribution in [0, 0.1) is 0 Å². The van der Waals surface area contributed by atoms with E-state index in [-0.39, 0.29) is 5.97 Å². The summed E-state index contributed by atoms with van der Waals surface area (Å²) in [5.41, 5.74) is 1.86. The maximum absolute atomic E-state index is 11.4. The van der Waals surface area contributed by atoms with E-state index in [2.05, 4.69) is 28.7 Å². The molecule has 0 bridgehead atoms. The molecule has 3 heteroatoms. The van der Waals surface area contributed by atoms with Crippen molar-refractivity contribution in [3.05, 3.63) is 35.4 Å². The molecule has 2 nitrogen and oxygen atoms in total. The molecule has 0 saturated heterocycles. The van der Waals surface area contributed by atoms with E-state index in [0.29, 0.717) is 12.2 Å². The van der Waals surface area contributed by atoms with Crippen molar-refractivity contribution >= 4 is 28.6 Å². The topological polar surface area (TPSA) is 26.3 Å². The molecule has 0 radical (unpaired) electrons. The van der Waals surface area contributed by atoms with Crippen LogP contribution in [0.25, 0.3) is 0 Å². The van der Waals surface area contributed by atoms with Crippen LogP contribution in [0.15, 0.2) is 24.3 Å². The fourth-order valence-electron chi connectivity index (χ4n) is 1.34. The molecule has 0 N–H and O–H groups in total. The Hall–Kier alpha value is -0.580. The lowest BCUT2D eigenvalue weighted by atomic mass is 10.1. The highest BCUT2D eigenvalue weighted by Crippen LogP contribution is 2.09. The summed E-state index contributed by atoms with van der Waals surface area (Å²) in [4.78, 5) is 11.4. The zero-order valence-electron chi connectivity index (χ0n) is 8.83. The van der Waals surface area contributed by atoms with Gasteiger partial charge in [-0.25, -0.2) is 4.79 Å². The Kier molecular flexibility index (Phi) is 5.68. The lowest BCUT2D eigenvalue weighted by molar-refractivity contribution is 0.0526. The number of benzene rings is 1. The van der Waals surface area contributed by atoms with Crippen molar-refractivity contribution in [1.82, 2.24) is 0 Å². The molecule has 0 heterocycles. The van der Waals surface area contributed by atoms with Gasteiger partial charge >= 0.3 is 5.97 Å². The van der Waals surface area contributed by atoms with Crippen LogP contribution in [0.3, 0.4) is 0 Å². The molecule has 0 aliphatic heterocycles. The number of aryl methyl sites for hydroxylation is 1. The molecule has 0 unspecified atom stereocenters. The Labute approximate surface area is 104 Å². The van der Waals surface area contributed by atoms with Crippen molar-refractivity contribution < 1.29 is 9.53 Å². The molecule has 15 heavy (non-hydrogen) atoms. The summed E-state index contributed by atoms with van der Waals surface area (Å²) in [5.74, 6) is -0.228. The minimum atomic E-state index is -0.228.